The number of carbonyl (C=O) groups is 4. The van der Waals surface area contributed by atoms with E-state index in [0.29, 0.717) is 11.5 Å². The van der Waals surface area contributed by atoms with Gasteiger partial charge in [-0.2, -0.15) is 0 Å². The van der Waals surface area contributed by atoms with Crippen LogP contribution in [0.1, 0.15) is 45.1 Å². The second kappa shape index (κ2) is 12.4. The van der Waals surface area contributed by atoms with Crippen molar-refractivity contribution < 1.29 is 56.4 Å². The number of esters is 2. The van der Waals surface area contributed by atoms with Crippen LogP contribution in [0.3, 0.4) is 0 Å². The second-order valence-electron chi connectivity index (χ2n) is 12.2. The Hall–Kier alpha value is -4.00. The molecule has 4 aliphatic carbocycles. The highest BCUT2D eigenvalue weighted by Crippen LogP contribution is 2.68. The molecule has 0 aliphatic heterocycles. The maximum atomic E-state index is 16.4. The number of hydrogen-bond acceptors (Lipinski definition) is 10. The molecule has 2 unspecified atom stereocenters. The summed E-state index contributed by atoms with van der Waals surface area (Å²) in [5.74, 6) is -5.07. The predicted molar refractivity (Wildman–Crippen MR) is 151 cm³/mol. The summed E-state index contributed by atoms with van der Waals surface area (Å²) in [6.07, 6.45) is -0.234. The number of hydrogen-bond donors (Lipinski definition) is 1. The number of ether oxygens (including phenoxy) is 6. The van der Waals surface area contributed by atoms with Gasteiger partial charge >= 0.3 is 24.2 Å². The zero-order valence-electron chi connectivity index (χ0n) is 25.1. The number of benzene rings is 1. The molecule has 11 nitrogen and oxygen atoms in total. The fraction of sp³-hybridized carbons (Fsp3) is 0.562. The van der Waals surface area contributed by atoms with Crippen LogP contribution >= 0.6 is 0 Å². The average Bonchev–Trinajstić information content (AvgIpc) is 3.46. The smallest absolute Gasteiger partial charge is 0.459 e. The lowest BCUT2D eigenvalue weighted by molar-refractivity contribution is -0.204. The number of fused-ring (bicyclic) bond motifs is 2. The highest BCUT2D eigenvalue weighted by molar-refractivity contribution is 5.94. The minimum absolute atomic E-state index is 0.0940. The van der Waals surface area contributed by atoms with Crippen LogP contribution < -0.4 is 5.32 Å². The number of halogens is 2. The third-order valence-electron chi connectivity index (χ3n) is 9.71. The lowest BCUT2D eigenvalue weighted by Gasteiger charge is -2.60. The van der Waals surface area contributed by atoms with E-state index in [9.17, 15) is 23.6 Å². The summed E-state index contributed by atoms with van der Waals surface area (Å²) in [7, 11) is 0. The van der Waals surface area contributed by atoms with E-state index in [4.69, 9.17) is 28.4 Å². The Kier molecular flexibility index (Phi) is 8.94. The molecule has 0 saturated heterocycles. The Morgan fingerprint density at radius 2 is 1.71 bits per heavy atom. The van der Waals surface area contributed by atoms with Crippen LogP contribution in [0.5, 0.6) is 0 Å². The number of carbonyl (C=O) groups excluding carboxylic acids is 4. The highest BCUT2D eigenvalue weighted by atomic mass is 19.1. The Morgan fingerprint density at radius 3 is 2.31 bits per heavy atom. The number of alkyl carbamates (subject to hydrolysis) is 1. The first-order chi connectivity index (χ1) is 21.4. The van der Waals surface area contributed by atoms with Gasteiger partial charge < -0.3 is 33.7 Å². The predicted octanol–water partition coefficient (Wildman–Crippen LogP) is 4.68. The highest BCUT2D eigenvalue weighted by Gasteiger charge is 2.87. The molecule has 13 heteroatoms. The van der Waals surface area contributed by atoms with E-state index in [1.165, 1.54) is 43.3 Å². The molecule has 1 aromatic rings. The summed E-state index contributed by atoms with van der Waals surface area (Å²) in [6.45, 7) is 9.52. The maximum absolute atomic E-state index is 16.4. The number of nitrogens with one attached hydrogen (secondary N) is 1. The molecule has 4 aliphatic rings. The largest absolute Gasteiger partial charge is 0.511 e. The standard InChI is InChI=1S/C32H37F2NO10/c1-5-13-40-26(36)31(34)22-16-24(42-17-19-7-9-21(33)10-8-19)32(25(22)31,35-28(38)41-14-6-2)27(37)43-18(3)44-29(39)45-23-15-20-11-12-30(20,23)4/h5-10,18,20,22-25H,1-2,11-17H2,3-4H3,(H,35,38)/t18?,20?,22-,23-,24-,25+,30+,31-,32+/m1/s1. The summed E-state index contributed by atoms with van der Waals surface area (Å²) < 4.78 is 62.0. The van der Waals surface area contributed by atoms with Crippen LogP contribution in [0.4, 0.5) is 18.4 Å². The van der Waals surface area contributed by atoms with Gasteiger partial charge in [0, 0.05) is 24.2 Å². The number of alkyl halides is 1. The van der Waals surface area contributed by atoms with Crippen molar-refractivity contribution in [3.63, 3.8) is 0 Å². The van der Waals surface area contributed by atoms with Crippen molar-refractivity contribution in [2.45, 2.75) is 75.8 Å². The summed E-state index contributed by atoms with van der Waals surface area (Å²) >= 11 is 0. The number of amides is 1. The molecular weight excluding hydrogens is 596 g/mol. The summed E-state index contributed by atoms with van der Waals surface area (Å²) in [4.78, 5) is 52.4. The molecule has 4 fully saturated rings. The van der Waals surface area contributed by atoms with Crippen molar-refractivity contribution >= 4 is 24.2 Å². The summed E-state index contributed by atoms with van der Waals surface area (Å²) in [5, 5.41) is 2.40. The van der Waals surface area contributed by atoms with Crippen LogP contribution in [-0.2, 0) is 44.6 Å². The van der Waals surface area contributed by atoms with Gasteiger partial charge in [-0.3, -0.25) is 0 Å². The van der Waals surface area contributed by atoms with E-state index in [0.717, 1.165) is 19.3 Å². The SMILES string of the molecule is C=CCOC(=O)N[C@@]1(C(=O)OC(C)OC(=O)O[C@@H]2CC3CC[C@@]32C)[C@H](OCc2ccc(F)cc2)C[C@@H]2[C@H]1[C@@]2(F)C(=O)OCC=C. The van der Waals surface area contributed by atoms with E-state index in [1.807, 2.05) is 6.92 Å². The zero-order valence-corrected chi connectivity index (χ0v) is 25.1. The molecule has 0 heterocycles. The van der Waals surface area contributed by atoms with Gasteiger partial charge in [0.2, 0.25) is 12.0 Å². The molecule has 1 aromatic carbocycles. The first kappa shape index (κ1) is 32.4. The Balaban J connectivity index is 1.38. The molecule has 0 aromatic heterocycles. The topological polar surface area (TPSA) is 136 Å². The lowest BCUT2D eigenvalue weighted by Crippen LogP contribution is -2.65. The van der Waals surface area contributed by atoms with Crippen molar-refractivity contribution in [2.24, 2.45) is 23.2 Å². The molecule has 9 atom stereocenters. The van der Waals surface area contributed by atoms with Crippen LogP contribution in [0.25, 0.3) is 0 Å². The average molecular weight is 634 g/mol. The van der Waals surface area contributed by atoms with Gasteiger partial charge in [-0.25, -0.2) is 28.0 Å². The molecule has 244 valence electrons. The fourth-order valence-electron chi connectivity index (χ4n) is 7.02. The van der Waals surface area contributed by atoms with Crippen molar-refractivity contribution in [1.29, 1.82) is 0 Å². The molecule has 1 N–H and O–H groups in total. The minimum atomic E-state index is -2.69. The Morgan fingerprint density at radius 1 is 1.02 bits per heavy atom. The van der Waals surface area contributed by atoms with Crippen LogP contribution in [-0.4, -0.2) is 67.1 Å². The van der Waals surface area contributed by atoms with E-state index in [2.05, 4.69) is 18.5 Å². The Bertz CT molecular complexity index is 1360. The Labute approximate surface area is 259 Å². The molecule has 0 bridgehead atoms. The van der Waals surface area contributed by atoms with Gasteiger partial charge in [-0.15, -0.1) is 0 Å². The third kappa shape index (κ3) is 5.78. The van der Waals surface area contributed by atoms with E-state index in [-0.39, 0.29) is 37.8 Å². The van der Waals surface area contributed by atoms with Gasteiger partial charge in [0.1, 0.15) is 25.1 Å². The van der Waals surface area contributed by atoms with Crippen molar-refractivity contribution in [3.05, 3.63) is 61.0 Å². The molecule has 5 rings (SSSR count). The van der Waals surface area contributed by atoms with Crippen LogP contribution in [0.2, 0.25) is 0 Å². The van der Waals surface area contributed by atoms with Crippen molar-refractivity contribution in [3.8, 4) is 0 Å². The quantitative estimate of drug-likeness (QED) is 0.141. The van der Waals surface area contributed by atoms with Gasteiger partial charge in [-0.1, -0.05) is 44.4 Å². The fourth-order valence-corrected chi connectivity index (χ4v) is 7.02. The lowest BCUT2D eigenvalue weighted by atomic mass is 9.47. The normalized spacial score (nSPS) is 34.3. The van der Waals surface area contributed by atoms with Gasteiger partial charge in [0.05, 0.1) is 12.7 Å². The molecular formula is C32H37F2NO10. The zero-order chi connectivity index (χ0) is 32.6. The first-order valence-corrected chi connectivity index (χ1v) is 14.9. The molecule has 0 radical (unpaired) electrons. The molecule has 4 saturated carbocycles. The molecule has 45 heavy (non-hydrogen) atoms. The third-order valence-corrected chi connectivity index (χ3v) is 9.71. The van der Waals surface area contributed by atoms with Crippen LogP contribution in [0.15, 0.2) is 49.6 Å². The van der Waals surface area contributed by atoms with Gasteiger partial charge in [0.15, 0.2) is 5.54 Å². The van der Waals surface area contributed by atoms with Crippen LogP contribution in [0, 0.1) is 29.0 Å². The monoisotopic (exact) mass is 633 g/mol. The summed E-state index contributed by atoms with van der Waals surface area (Å²) in [6, 6.07) is 5.34. The van der Waals surface area contributed by atoms with Crippen molar-refractivity contribution in [2.75, 3.05) is 13.2 Å². The minimum Gasteiger partial charge on any atom is -0.459 e. The van der Waals surface area contributed by atoms with E-state index in [1.54, 1.807) is 0 Å². The van der Waals surface area contributed by atoms with Gasteiger partial charge in [0.25, 0.3) is 0 Å². The van der Waals surface area contributed by atoms with Crippen molar-refractivity contribution in [1.82, 2.24) is 5.32 Å². The summed E-state index contributed by atoms with van der Waals surface area (Å²) in [5.41, 5.74) is -4.59. The number of rotatable bonds is 13. The van der Waals surface area contributed by atoms with E-state index >= 15 is 4.39 Å². The maximum Gasteiger partial charge on any atom is 0.511 e. The molecule has 1 amide bonds. The van der Waals surface area contributed by atoms with E-state index < -0.39 is 65.4 Å². The van der Waals surface area contributed by atoms with Gasteiger partial charge in [-0.05, 0) is 49.3 Å². The molecule has 0 spiro atoms. The second-order valence-corrected chi connectivity index (χ2v) is 12.2. The first-order valence-electron chi connectivity index (χ1n) is 14.9.